The normalized spacial score (nSPS) is 25.6. The molecule has 2 bridgehead atoms. The minimum absolute atomic E-state index is 0.111. The van der Waals surface area contributed by atoms with Gasteiger partial charge in [0.1, 0.15) is 24.4 Å². The molecule has 0 saturated carbocycles. The highest BCUT2D eigenvalue weighted by Crippen LogP contribution is 2.56. The summed E-state index contributed by atoms with van der Waals surface area (Å²) in [6.45, 7) is 21.9. The van der Waals surface area contributed by atoms with E-state index in [0.29, 0.717) is 36.8 Å². The molecule has 0 spiro atoms. The summed E-state index contributed by atoms with van der Waals surface area (Å²) in [4.78, 5) is 37.5. The molecule has 0 amide bonds. The van der Waals surface area contributed by atoms with Crippen molar-refractivity contribution in [3.63, 3.8) is 0 Å². The highest BCUT2D eigenvalue weighted by Gasteiger charge is 2.62. The van der Waals surface area contributed by atoms with Gasteiger partial charge in [0.25, 0.3) is 20.0 Å². The molecule has 2 aliphatic rings. The number of nitrogens with one attached hydrogen (secondary N) is 1. The second-order valence-corrected chi connectivity index (χ2v) is 11.9. The van der Waals surface area contributed by atoms with Crippen molar-refractivity contribution in [2.24, 2.45) is 0 Å². The summed E-state index contributed by atoms with van der Waals surface area (Å²) in [5, 5.41) is 4.17. The number of hydrogen-bond donors (Lipinski definition) is 1. The van der Waals surface area contributed by atoms with Gasteiger partial charge >= 0.3 is 5.69 Å². The monoisotopic (exact) mass is 563 g/mol. The number of nitrogens with zero attached hydrogens (tertiary/aromatic N) is 6. The lowest BCUT2D eigenvalue weighted by Crippen LogP contribution is -2.58. The molecule has 2 aliphatic heterocycles. The standard InChI is InChI=1S/C25H38N7O6P/c1-9-25-10-12-30(23-27-18(7)37-29-23)19(22(36-25)31-14-17(6)21(33)28-24(31)34)20(25)38-39(35-13-11-26-8)32(15(2)3)16(4)5/h14-16,19-20,22H,9-13H2,1-7H3,(H,28,33,34)/t19-,20+,22-,25+,39?/m1/s1. The van der Waals surface area contributed by atoms with E-state index in [2.05, 4.69) is 52.3 Å². The van der Waals surface area contributed by atoms with Crippen LogP contribution in [0.2, 0.25) is 0 Å². The number of aryl methyl sites for hydroxylation is 2. The van der Waals surface area contributed by atoms with Gasteiger partial charge in [-0.2, -0.15) is 4.98 Å². The number of ether oxygens (including phenoxy) is 1. The molecular weight excluding hydrogens is 525 g/mol. The van der Waals surface area contributed by atoms with Crippen molar-refractivity contribution in [2.75, 3.05) is 24.6 Å². The van der Waals surface area contributed by atoms with Crippen molar-refractivity contribution in [1.82, 2.24) is 24.4 Å². The Hall–Kier alpha value is -2.62. The fourth-order valence-electron chi connectivity index (χ4n) is 5.46. The molecule has 1 N–H and O–H groups in total. The lowest BCUT2D eigenvalue weighted by molar-refractivity contribution is -0.104. The van der Waals surface area contributed by atoms with Crippen LogP contribution in [0, 0.1) is 20.4 Å². The van der Waals surface area contributed by atoms with Gasteiger partial charge in [-0.15, -0.1) is 0 Å². The van der Waals surface area contributed by atoms with Crippen LogP contribution in [0.4, 0.5) is 5.95 Å². The Kier molecular flexibility index (Phi) is 8.93. The second-order valence-electron chi connectivity index (χ2n) is 10.5. The topological polar surface area (TPSA) is 132 Å². The minimum Gasteiger partial charge on any atom is -0.346 e. The SMILES string of the molecule is [C-]#[N+]CCOP(O[C@H]1[C@@H]2[C@H](n3cc(C)c(=O)[nH]c3=O)O[C@@]1(CC)CCN2c1noc(C)n1)N(C(C)C)C(C)C. The van der Waals surface area contributed by atoms with Gasteiger partial charge in [-0.05, 0) is 52.6 Å². The fourth-order valence-corrected chi connectivity index (χ4v) is 7.26. The maximum absolute atomic E-state index is 13.1. The van der Waals surface area contributed by atoms with Gasteiger partial charge in [0.2, 0.25) is 12.4 Å². The first kappa shape index (κ1) is 29.4. The van der Waals surface area contributed by atoms with E-state index in [1.54, 1.807) is 13.8 Å². The van der Waals surface area contributed by atoms with Crippen LogP contribution in [-0.2, 0) is 13.8 Å². The fraction of sp³-hybridized carbons (Fsp3) is 0.720. The Balaban J connectivity index is 1.83. The Morgan fingerprint density at radius 3 is 2.62 bits per heavy atom. The lowest BCUT2D eigenvalue weighted by atomic mass is 9.84. The Labute approximate surface area is 229 Å². The highest BCUT2D eigenvalue weighted by molar-refractivity contribution is 7.44. The molecule has 14 heteroatoms. The minimum atomic E-state index is -1.60. The molecule has 2 aromatic heterocycles. The smallest absolute Gasteiger partial charge is 0.330 e. The van der Waals surface area contributed by atoms with Crippen molar-refractivity contribution in [3.8, 4) is 0 Å². The van der Waals surface area contributed by atoms with Gasteiger partial charge in [-0.25, -0.2) is 16.0 Å². The van der Waals surface area contributed by atoms with Crippen LogP contribution in [0.15, 0.2) is 20.3 Å². The third-order valence-electron chi connectivity index (χ3n) is 7.26. The molecule has 4 rings (SSSR count). The average Bonchev–Trinajstić information content (AvgIpc) is 3.38. The molecule has 1 unspecified atom stereocenters. The van der Waals surface area contributed by atoms with Gasteiger partial charge in [0.05, 0.1) is 0 Å². The van der Waals surface area contributed by atoms with Gasteiger partial charge in [-0.1, -0.05) is 6.92 Å². The van der Waals surface area contributed by atoms with Crippen LogP contribution >= 0.6 is 8.53 Å². The van der Waals surface area contributed by atoms with E-state index in [9.17, 15) is 9.59 Å². The predicted octanol–water partition coefficient (Wildman–Crippen LogP) is 3.16. The number of H-pyrrole nitrogens is 1. The third-order valence-corrected chi connectivity index (χ3v) is 9.37. The van der Waals surface area contributed by atoms with E-state index in [-0.39, 0.29) is 25.2 Å². The van der Waals surface area contributed by atoms with Crippen LogP contribution in [-0.4, -0.2) is 73.9 Å². The average molecular weight is 564 g/mol. The van der Waals surface area contributed by atoms with Gasteiger partial charge in [0.15, 0.2) is 6.23 Å². The maximum Gasteiger partial charge on any atom is 0.330 e. The summed E-state index contributed by atoms with van der Waals surface area (Å²) in [7, 11) is -1.60. The number of anilines is 1. The Morgan fingerprint density at radius 2 is 2.03 bits per heavy atom. The van der Waals surface area contributed by atoms with Crippen molar-refractivity contribution in [3.05, 3.63) is 49.9 Å². The van der Waals surface area contributed by atoms with E-state index in [4.69, 9.17) is 24.9 Å². The molecule has 2 aromatic rings. The van der Waals surface area contributed by atoms with E-state index in [1.165, 1.54) is 10.8 Å². The largest absolute Gasteiger partial charge is 0.346 e. The summed E-state index contributed by atoms with van der Waals surface area (Å²) in [6, 6.07) is -0.311. The van der Waals surface area contributed by atoms with Crippen LogP contribution in [0.25, 0.3) is 4.85 Å². The van der Waals surface area contributed by atoms with E-state index < -0.39 is 43.7 Å². The van der Waals surface area contributed by atoms with Crippen molar-refractivity contribution < 1.29 is 18.3 Å². The second kappa shape index (κ2) is 11.9. The summed E-state index contributed by atoms with van der Waals surface area (Å²) in [5.41, 5.74) is -1.36. The molecule has 0 aliphatic carbocycles. The predicted molar refractivity (Wildman–Crippen MR) is 145 cm³/mol. The number of aromatic amines is 1. The summed E-state index contributed by atoms with van der Waals surface area (Å²) in [6.07, 6.45) is 1.38. The van der Waals surface area contributed by atoms with E-state index >= 15 is 0 Å². The zero-order chi connectivity index (χ0) is 28.5. The van der Waals surface area contributed by atoms with E-state index in [0.717, 1.165) is 0 Å². The van der Waals surface area contributed by atoms with E-state index in [1.807, 2.05) is 11.8 Å². The molecule has 214 valence electrons. The molecule has 2 fully saturated rings. The maximum atomic E-state index is 13.1. The van der Waals surface area contributed by atoms with Gasteiger partial charge in [-0.3, -0.25) is 14.3 Å². The molecule has 4 heterocycles. The lowest BCUT2D eigenvalue weighted by Gasteiger charge is -2.46. The molecule has 13 nitrogen and oxygen atoms in total. The summed E-state index contributed by atoms with van der Waals surface area (Å²) < 4.78 is 28.8. The summed E-state index contributed by atoms with van der Waals surface area (Å²) in [5.74, 6) is 0.793. The molecule has 0 aromatic carbocycles. The van der Waals surface area contributed by atoms with Gasteiger partial charge in [0, 0.05) is 37.3 Å². The summed E-state index contributed by atoms with van der Waals surface area (Å²) >= 11 is 0. The third kappa shape index (κ3) is 5.67. The molecule has 2 saturated heterocycles. The van der Waals surface area contributed by atoms with Crippen LogP contribution in [0.1, 0.15) is 65.1 Å². The van der Waals surface area contributed by atoms with Crippen LogP contribution < -0.4 is 16.1 Å². The Bertz CT molecular complexity index is 1290. The van der Waals surface area contributed by atoms with Crippen molar-refractivity contribution in [1.29, 1.82) is 0 Å². The highest BCUT2D eigenvalue weighted by atomic mass is 31.2. The molecular formula is C25H38N7O6P. The molecule has 0 radical (unpaired) electrons. The number of aromatic nitrogens is 4. The van der Waals surface area contributed by atoms with Crippen LogP contribution in [0.5, 0.6) is 0 Å². The zero-order valence-electron chi connectivity index (χ0n) is 23.6. The number of piperidine rings is 1. The van der Waals surface area contributed by atoms with Crippen LogP contribution in [0.3, 0.4) is 0 Å². The molecule has 5 atom stereocenters. The quantitative estimate of drug-likeness (QED) is 0.247. The first-order valence-electron chi connectivity index (χ1n) is 13.3. The number of rotatable bonds is 11. The van der Waals surface area contributed by atoms with Crippen molar-refractivity contribution >= 4 is 14.5 Å². The number of hydrogen-bond acceptors (Lipinski definition) is 10. The first-order valence-corrected chi connectivity index (χ1v) is 14.4. The zero-order valence-corrected chi connectivity index (χ0v) is 24.5. The van der Waals surface area contributed by atoms with Crippen molar-refractivity contribution in [2.45, 2.75) is 97.4 Å². The van der Waals surface area contributed by atoms with Gasteiger partial charge < -0.3 is 28.1 Å². The Morgan fingerprint density at radius 1 is 1.31 bits per heavy atom. The molecule has 39 heavy (non-hydrogen) atoms. The number of fused-ring (bicyclic) bond motifs is 2. The first-order chi connectivity index (χ1) is 18.5.